The standard InChI is InChI=1S/C22H26N2O5S/c1-3-29-19-9-11-20(12-10-19)30(26,27)24-16-14-23(15-17-24)22(25)13-8-18-6-4-5-7-21(18)28-2/h4-13H,3,14-17H2,1-2H3/b13-8+. The first-order valence-corrected chi connectivity index (χ1v) is 11.2. The molecule has 2 aromatic rings. The van der Waals surface area contributed by atoms with Crippen LogP contribution >= 0.6 is 0 Å². The molecule has 0 bridgehead atoms. The molecular formula is C22H26N2O5S. The maximum atomic E-state index is 12.9. The molecule has 0 N–H and O–H groups in total. The fourth-order valence-corrected chi connectivity index (χ4v) is 4.67. The van der Waals surface area contributed by atoms with Crippen LogP contribution < -0.4 is 9.47 Å². The van der Waals surface area contributed by atoms with Gasteiger partial charge in [0, 0.05) is 37.8 Å². The lowest BCUT2D eigenvalue weighted by Gasteiger charge is -2.33. The average molecular weight is 431 g/mol. The molecule has 1 saturated heterocycles. The predicted octanol–water partition coefficient (Wildman–Crippen LogP) is 2.64. The van der Waals surface area contributed by atoms with Crippen molar-refractivity contribution in [3.8, 4) is 11.5 Å². The summed E-state index contributed by atoms with van der Waals surface area (Å²) in [6, 6.07) is 13.8. The Bertz CT molecular complexity index is 994. The third-order valence-electron chi connectivity index (χ3n) is 4.87. The number of carbonyl (C=O) groups is 1. The van der Waals surface area contributed by atoms with Crippen molar-refractivity contribution in [2.75, 3.05) is 39.9 Å². The van der Waals surface area contributed by atoms with E-state index in [0.29, 0.717) is 31.2 Å². The highest BCUT2D eigenvalue weighted by Crippen LogP contribution is 2.22. The quantitative estimate of drug-likeness (QED) is 0.631. The van der Waals surface area contributed by atoms with Gasteiger partial charge in [-0.1, -0.05) is 18.2 Å². The zero-order valence-electron chi connectivity index (χ0n) is 17.2. The summed E-state index contributed by atoms with van der Waals surface area (Å²) in [5.74, 6) is 1.17. The van der Waals surface area contributed by atoms with E-state index >= 15 is 0 Å². The van der Waals surface area contributed by atoms with Crippen molar-refractivity contribution in [1.82, 2.24) is 9.21 Å². The number of methoxy groups -OCH3 is 1. The van der Waals surface area contributed by atoms with Crippen molar-refractivity contribution in [1.29, 1.82) is 0 Å². The van der Waals surface area contributed by atoms with Gasteiger partial charge in [-0.05, 0) is 43.3 Å². The molecule has 0 spiro atoms. The number of para-hydroxylation sites is 1. The molecule has 0 radical (unpaired) electrons. The van der Waals surface area contributed by atoms with Crippen LogP contribution in [-0.4, -0.2) is 63.4 Å². The number of benzene rings is 2. The van der Waals surface area contributed by atoms with E-state index in [2.05, 4.69) is 0 Å². The van der Waals surface area contributed by atoms with E-state index in [4.69, 9.17) is 9.47 Å². The summed E-state index contributed by atoms with van der Waals surface area (Å²) < 4.78 is 37.8. The van der Waals surface area contributed by atoms with E-state index in [1.165, 1.54) is 10.4 Å². The van der Waals surface area contributed by atoms with E-state index in [9.17, 15) is 13.2 Å². The van der Waals surface area contributed by atoms with Crippen molar-refractivity contribution in [2.24, 2.45) is 0 Å². The summed E-state index contributed by atoms with van der Waals surface area (Å²) in [4.78, 5) is 14.4. The highest BCUT2D eigenvalue weighted by Gasteiger charge is 2.29. The second-order valence-corrected chi connectivity index (χ2v) is 8.65. The lowest BCUT2D eigenvalue weighted by atomic mass is 10.2. The molecule has 2 aromatic carbocycles. The van der Waals surface area contributed by atoms with Crippen LogP contribution in [-0.2, 0) is 14.8 Å². The topological polar surface area (TPSA) is 76.2 Å². The molecule has 8 heteroatoms. The van der Waals surface area contributed by atoms with Gasteiger partial charge in [0.05, 0.1) is 18.6 Å². The second kappa shape index (κ2) is 9.77. The Hall–Kier alpha value is -2.84. The van der Waals surface area contributed by atoms with E-state index in [1.807, 2.05) is 31.2 Å². The van der Waals surface area contributed by atoms with Gasteiger partial charge in [-0.15, -0.1) is 0 Å². The third kappa shape index (κ3) is 5.01. The summed E-state index contributed by atoms with van der Waals surface area (Å²) in [6.07, 6.45) is 3.21. The molecular weight excluding hydrogens is 404 g/mol. The summed E-state index contributed by atoms with van der Waals surface area (Å²) in [6.45, 7) is 3.58. The van der Waals surface area contributed by atoms with Gasteiger partial charge in [-0.3, -0.25) is 4.79 Å². The van der Waals surface area contributed by atoms with Gasteiger partial charge in [0.2, 0.25) is 15.9 Å². The molecule has 0 aromatic heterocycles. The van der Waals surface area contributed by atoms with E-state index < -0.39 is 10.0 Å². The Morgan fingerprint density at radius 1 is 1.03 bits per heavy atom. The minimum absolute atomic E-state index is 0.154. The number of carbonyl (C=O) groups excluding carboxylic acids is 1. The number of amides is 1. The molecule has 3 rings (SSSR count). The average Bonchev–Trinajstić information content (AvgIpc) is 2.78. The van der Waals surface area contributed by atoms with Crippen LogP contribution in [0.4, 0.5) is 0 Å². The molecule has 1 aliphatic heterocycles. The van der Waals surface area contributed by atoms with Crippen molar-refractivity contribution < 1.29 is 22.7 Å². The van der Waals surface area contributed by atoms with Gasteiger partial charge in [0.15, 0.2) is 0 Å². The lowest BCUT2D eigenvalue weighted by Crippen LogP contribution is -2.50. The monoisotopic (exact) mass is 430 g/mol. The lowest BCUT2D eigenvalue weighted by molar-refractivity contribution is -0.127. The molecule has 0 aliphatic carbocycles. The van der Waals surface area contributed by atoms with Crippen LogP contribution in [0.2, 0.25) is 0 Å². The molecule has 1 fully saturated rings. The largest absolute Gasteiger partial charge is 0.496 e. The Morgan fingerprint density at radius 3 is 2.33 bits per heavy atom. The molecule has 1 aliphatic rings. The van der Waals surface area contributed by atoms with Crippen LogP contribution in [0.1, 0.15) is 12.5 Å². The van der Waals surface area contributed by atoms with Gasteiger partial charge in [-0.25, -0.2) is 8.42 Å². The van der Waals surface area contributed by atoms with E-state index in [-0.39, 0.29) is 23.9 Å². The van der Waals surface area contributed by atoms with Crippen LogP contribution in [0.25, 0.3) is 6.08 Å². The molecule has 1 amide bonds. The van der Waals surface area contributed by atoms with Gasteiger partial charge in [-0.2, -0.15) is 4.31 Å². The molecule has 30 heavy (non-hydrogen) atoms. The fourth-order valence-electron chi connectivity index (χ4n) is 3.24. The number of ether oxygens (including phenoxy) is 2. The number of sulfonamides is 1. The smallest absolute Gasteiger partial charge is 0.246 e. The van der Waals surface area contributed by atoms with Crippen molar-refractivity contribution in [3.05, 3.63) is 60.2 Å². The summed E-state index contributed by atoms with van der Waals surface area (Å²) >= 11 is 0. The summed E-state index contributed by atoms with van der Waals surface area (Å²) in [5.41, 5.74) is 0.810. The number of hydrogen-bond acceptors (Lipinski definition) is 5. The zero-order valence-corrected chi connectivity index (χ0v) is 18.0. The normalized spacial score (nSPS) is 15.3. The highest BCUT2D eigenvalue weighted by molar-refractivity contribution is 7.89. The van der Waals surface area contributed by atoms with Crippen molar-refractivity contribution in [2.45, 2.75) is 11.8 Å². The first-order valence-electron chi connectivity index (χ1n) is 9.78. The maximum absolute atomic E-state index is 12.9. The minimum atomic E-state index is -3.60. The SMILES string of the molecule is CCOc1ccc(S(=O)(=O)N2CCN(C(=O)/C=C/c3ccccc3OC)CC2)cc1. The molecule has 0 unspecified atom stereocenters. The van der Waals surface area contributed by atoms with Crippen LogP contribution in [0.5, 0.6) is 11.5 Å². The zero-order chi connectivity index (χ0) is 21.6. The van der Waals surface area contributed by atoms with Gasteiger partial charge < -0.3 is 14.4 Å². The summed E-state index contributed by atoms with van der Waals surface area (Å²) in [7, 11) is -2.02. The fraction of sp³-hybridized carbons (Fsp3) is 0.318. The number of piperazine rings is 1. The van der Waals surface area contributed by atoms with E-state index in [1.54, 1.807) is 42.4 Å². The van der Waals surface area contributed by atoms with Gasteiger partial charge in [0.1, 0.15) is 11.5 Å². The predicted molar refractivity (Wildman–Crippen MR) is 115 cm³/mol. The van der Waals surface area contributed by atoms with Gasteiger partial charge >= 0.3 is 0 Å². The van der Waals surface area contributed by atoms with E-state index in [0.717, 1.165) is 5.56 Å². The van der Waals surface area contributed by atoms with Gasteiger partial charge in [0.25, 0.3) is 0 Å². The third-order valence-corrected chi connectivity index (χ3v) is 6.78. The van der Waals surface area contributed by atoms with Crippen molar-refractivity contribution >= 4 is 22.0 Å². The first-order chi connectivity index (χ1) is 14.5. The minimum Gasteiger partial charge on any atom is -0.496 e. The Labute approximate surface area is 177 Å². The molecule has 0 atom stereocenters. The molecule has 0 saturated carbocycles. The maximum Gasteiger partial charge on any atom is 0.246 e. The van der Waals surface area contributed by atoms with Crippen LogP contribution in [0.3, 0.4) is 0 Å². The number of rotatable bonds is 7. The van der Waals surface area contributed by atoms with Crippen molar-refractivity contribution in [3.63, 3.8) is 0 Å². The molecule has 160 valence electrons. The Kier molecular flexibility index (Phi) is 7.12. The first kappa shape index (κ1) is 21.9. The number of hydrogen-bond donors (Lipinski definition) is 0. The van der Waals surface area contributed by atoms with Crippen LogP contribution in [0.15, 0.2) is 59.5 Å². The van der Waals surface area contributed by atoms with Crippen LogP contribution in [0, 0.1) is 0 Å². The Balaban J connectivity index is 1.61. The summed E-state index contributed by atoms with van der Waals surface area (Å²) in [5, 5.41) is 0. The molecule has 7 nitrogen and oxygen atoms in total. The molecule has 1 heterocycles. The Morgan fingerprint density at radius 2 is 1.70 bits per heavy atom. The highest BCUT2D eigenvalue weighted by atomic mass is 32.2. The second-order valence-electron chi connectivity index (χ2n) is 6.71. The number of nitrogens with zero attached hydrogens (tertiary/aromatic N) is 2.